The molecule has 0 aromatic heterocycles. The van der Waals surface area contributed by atoms with Gasteiger partial charge in [0, 0.05) is 13.6 Å². The van der Waals surface area contributed by atoms with Gasteiger partial charge in [-0.2, -0.15) is 0 Å². The van der Waals surface area contributed by atoms with Crippen LogP contribution in [0.4, 0.5) is 25.8 Å². The number of hydrogen-bond donors (Lipinski definition) is 5. The second kappa shape index (κ2) is 13.0. The van der Waals surface area contributed by atoms with Gasteiger partial charge in [-0.25, -0.2) is 13.6 Å². The molecule has 12 heteroatoms. The van der Waals surface area contributed by atoms with Crippen molar-refractivity contribution in [3.05, 3.63) is 27.3 Å². The lowest BCUT2D eigenvalue weighted by Crippen LogP contribution is -2.31. The molecule has 0 aliphatic heterocycles. The number of nitro groups is 1. The molecule has 31 heavy (non-hydrogen) atoms. The molecule has 1 aromatic rings. The van der Waals surface area contributed by atoms with Crippen molar-refractivity contribution < 1.29 is 28.7 Å². The summed E-state index contributed by atoms with van der Waals surface area (Å²) < 4.78 is 30.6. The van der Waals surface area contributed by atoms with E-state index in [1.807, 2.05) is 0 Å². The minimum absolute atomic E-state index is 0.0465. The summed E-state index contributed by atoms with van der Waals surface area (Å²) in [5, 5.41) is 32.9. The van der Waals surface area contributed by atoms with E-state index in [2.05, 4.69) is 5.32 Å². The number of aliphatic hydroxyl groups excluding tert-OH is 1. The number of carboxylic acids is 1. The monoisotopic (exact) mass is 447 g/mol. The van der Waals surface area contributed by atoms with Gasteiger partial charge in [-0.1, -0.05) is 0 Å². The van der Waals surface area contributed by atoms with Crippen LogP contribution in [-0.2, 0) is 11.2 Å². The van der Waals surface area contributed by atoms with Gasteiger partial charge in [0.2, 0.25) is 0 Å². The number of nitrogens with one attached hydrogen (secondary N) is 1. The number of rotatable bonds is 15. The first kappa shape index (κ1) is 26.5. The number of unbranched alkanes of at least 4 members (excludes halogenated alkanes) is 2. The summed E-state index contributed by atoms with van der Waals surface area (Å²) in [6.07, 6.45) is 1.67. The maximum Gasteiger partial charge on any atom is 0.326 e. The van der Waals surface area contributed by atoms with Crippen LogP contribution in [0.5, 0.6) is 0 Å². The number of aliphatic carboxylic acids is 1. The van der Waals surface area contributed by atoms with Crippen LogP contribution < -0.4 is 21.7 Å². The maximum absolute atomic E-state index is 15.3. The molecule has 1 atom stereocenters. The highest BCUT2D eigenvalue weighted by atomic mass is 19.1. The molecule has 0 fully saturated rings. The summed E-state index contributed by atoms with van der Waals surface area (Å²) in [4.78, 5) is 23.6. The Bertz CT molecular complexity index is 766. The Kier molecular flexibility index (Phi) is 11.1. The number of carbonyl (C=O) groups is 1. The van der Waals surface area contributed by atoms with Crippen LogP contribution in [0, 0.1) is 21.7 Å². The molecule has 0 saturated carbocycles. The van der Waals surface area contributed by atoms with Crippen LogP contribution in [0.2, 0.25) is 0 Å². The molecule has 10 nitrogen and oxygen atoms in total. The molecule has 1 aromatic carbocycles. The lowest BCUT2D eigenvalue weighted by molar-refractivity contribution is -0.385. The number of benzene rings is 1. The summed E-state index contributed by atoms with van der Waals surface area (Å²) in [6.45, 7) is 0.0840. The van der Waals surface area contributed by atoms with E-state index in [1.54, 1.807) is 0 Å². The van der Waals surface area contributed by atoms with Crippen molar-refractivity contribution in [1.82, 2.24) is 0 Å². The molecule has 0 bridgehead atoms. The first-order valence-electron chi connectivity index (χ1n) is 10.1. The second-order valence-electron chi connectivity index (χ2n) is 7.15. The lowest BCUT2D eigenvalue weighted by atomic mass is 10.0. The highest BCUT2D eigenvalue weighted by Crippen LogP contribution is 2.41. The van der Waals surface area contributed by atoms with E-state index < -0.39 is 52.2 Å². The summed E-state index contributed by atoms with van der Waals surface area (Å²) >= 11 is 0. The summed E-state index contributed by atoms with van der Waals surface area (Å²) in [5.41, 5.74) is 8.43. The number of likely N-dealkylation sites (N-methyl/N-ethyl adjacent to an activating group) is 1. The summed E-state index contributed by atoms with van der Waals surface area (Å²) in [7, 11) is 1.33. The molecular formula is C19H31F2N5O5. The zero-order chi connectivity index (χ0) is 23.6. The summed E-state index contributed by atoms with van der Waals surface area (Å²) in [6, 6.07) is -1.34. The molecule has 1 rings (SSSR count). The van der Waals surface area contributed by atoms with E-state index >= 15 is 8.78 Å². The van der Waals surface area contributed by atoms with Crippen molar-refractivity contribution in [2.75, 3.05) is 43.5 Å². The summed E-state index contributed by atoms with van der Waals surface area (Å²) in [5.74, 6) is -3.73. The molecule has 0 spiro atoms. The predicted octanol–water partition coefficient (Wildman–Crippen LogP) is 1.58. The van der Waals surface area contributed by atoms with Gasteiger partial charge in [-0.3, -0.25) is 10.1 Å². The molecule has 0 heterocycles. The SMILES string of the molecule is CN(CCO)c1c(F)c(CCCCN)c([N+](=O)[O-])c(N[C@@H](CCCCN)C(=O)O)c1F. The maximum atomic E-state index is 15.3. The van der Waals surface area contributed by atoms with Crippen LogP contribution in [-0.4, -0.2) is 60.4 Å². The third-order valence-corrected chi connectivity index (χ3v) is 4.87. The minimum Gasteiger partial charge on any atom is -0.480 e. The van der Waals surface area contributed by atoms with Crippen LogP contribution in [0.15, 0.2) is 0 Å². The predicted molar refractivity (Wildman–Crippen MR) is 113 cm³/mol. The molecule has 7 N–H and O–H groups in total. The third-order valence-electron chi connectivity index (χ3n) is 4.87. The van der Waals surface area contributed by atoms with Crippen LogP contribution >= 0.6 is 0 Å². The van der Waals surface area contributed by atoms with E-state index in [1.165, 1.54) is 7.05 Å². The van der Waals surface area contributed by atoms with Crippen LogP contribution in [0.25, 0.3) is 0 Å². The number of carboxylic acid groups (broad SMARTS) is 1. The van der Waals surface area contributed by atoms with Crippen molar-refractivity contribution >= 4 is 23.0 Å². The van der Waals surface area contributed by atoms with Crippen molar-refractivity contribution in [3.63, 3.8) is 0 Å². The van der Waals surface area contributed by atoms with Gasteiger partial charge in [-0.15, -0.1) is 0 Å². The smallest absolute Gasteiger partial charge is 0.326 e. The van der Waals surface area contributed by atoms with E-state index in [0.29, 0.717) is 38.8 Å². The van der Waals surface area contributed by atoms with Gasteiger partial charge in [0.05, 0.1) is 17.1 Å². The highest BCUT2D eigenvalue weighted by Gasteiger charge is 2.34. The van der Waals surface area contributed by atoms with Gasteiger partial charge >= 0.3 is 11.7 Å². The largest absolute Gasteiger partial charge is 0.480 e. The van der Waals surface area contributed by atoms with Gasteiger partial charge < -0.3 is 31.9 Å². The zero-order valence-electron chi connectivity index (χ0n) is 17.6. The van der Waals surface area contributed by atoms with Crippen molar-refractivity contribution in [2.45, 2.75) is 44.6 Å². The van der Waals surface area contributed by atoms with Crippen molar-refractivity contribution in [2.24, 2.45) is 11.5 Å². The van der Waals surface area contributed by atoms with Gasteiger partial charge in [-0.05, 0) is 51.6 Å². The van der Waals surface area contributed by atoms with Crippen molar-refractivity contribution in [1.29, 1.82) is 0 Å². The molecule has 0 aliphatic rings. The second-order valence-corrected chi connectivity index (χ2v) is 7.15. The number of anilines is 2. The van der Waals surface area contributed by atoms with Crippen molar-refractivity contribution in [3.8, 4) is 0 Å². The molecule has 0 aliphatic carbocycles. The number of nitro benzene ring substituents is 1. The van der Waals surface area contributed by atoms with E-state index in [0.717, 1.165) is 4.90 Å². The highest BCUT2D eigenvalue weighted by molar-refractivity contribution is 5.82. The number of nitrogens with zero attached hydrogens (tertiary/aromatic N) is 2. The Morgan fingerprint density at radius 3 is 2.32 bits per heavy atom. The van der Waals surface area contributed by atoms with Gasteiger partial charge in [0.15, 0.2) is 17.3 Å². The minimum atomic E-state index is -1.34. The number of nitrogens with two attached hydrogens (primary N) is 2. The molecule has 0 amide bonds. The Morgan fingerprint density at radius 1 is 1.19 bits per heavy atom. The Morgan fingerprint density at radius 2 is 1.81 bits per heavy atom. The number of hydrogen-bond acceptors (Lipinski definition) is 8. The van der Waals surface area contributed by atoms with Crippen LogP contribution in [0.1, 0.15) is 37.7 Å². The topological polar surface area (TPSA) is 168 Å². The average Bonchev–Trinajstić information content (AvgIpc) is 2.70. The fourth-order valence-electron chi connectivity index (χ4n) is 3.25. The molecule has 176 valence electrons. The Balaban J connectivity index is 3.63. The molecular weight excluding hydrogens is 416 g/mol. The van der Waals surface area contributed by atoms with E-state index in [-0.39, 0.29) is 24.9 Å². The Labute approximate surface area is 179 Å². The number of halogens is 2. The fourth-order valence-corrected chi connectivity index (χ4v) is 3.25. The van der Waals surface area contributed by atoms with E-state index in [4.69, 9.17) is 16.6 Å². The Hall–Kier alpha value is -2.57. The standard InChI is InChI=1S/C19H31F2N5O5/c1-25(10-11-27)18-14(20)12(6-2-4-8-22)17(26(30)31)16(15(18)21)24-13(19(28)29)7-3-5-9-23/h13,24,27H,2-11,22-23H2,1H3,(H,28,29)/t13-/m0/s1. The van der Waals surface area contributed by atoms with Gasteiger partial charge in [0.1, 0.15) is 11.7 Å². The average molecular weight is 447 g/mol. The normalized spacial score (nSPS) is 11.9. The number of aliphatic hydroxyl groups is 1. The molecule has 0 saturated heterocycles. The lowest BCUT2D eigenvalue weighted by Gasteiger charge is -2.24. The molecule has 0 radical (unpaired) electrons. The fraction of sp³-hybridized carbons (Fsp3) is 0.632. The third kappa shape index (κ3) is 6.97. The van der Waals surface area contributed by atoms with Gasteiger partial charge in [0.25, 0.3) is 0 Å². The quantitative estimate of drug-likeness (QED) is 0.152. The molecule has 0 unspecified atom stereocenters. The first-order chi connectivity index (χ1) is 14.7. The zero-order valence-corrected chi connectivity index (χ0v) is 17.6. The first-order valence-corrected chi connectivity index (χ1v) is 10.1. The van der Waals surface area contributed by atoms with E-state index in [9.17, 15) is 20.0 Å². The van der Waals surface area contributed by atoms with Crippen LogP contribution in [0.3, 0.4) is 0 Å².